The van der Waals surface area contributed by atoms with E-state index in [0.29, 0.717) is 11.3 Å². The molecule has 6 nitrogen and oxygen atoms in total. The first kappa shape index (κ1) is 24.5. The summed E-state index contributed by atoms with van der Waals surface area (Å²) in [5.41, 5.74) is -4.30. The summed E-state index contributed by atoms with van der Waals surface area (Å²) in [7, 11) is 1.41. The molecule has 0 aromatic heterocycles. The van der Waals surface area contributed by atoms with Crippen molar-refractivity contribution in [3.63, 3.8) is 0 Å². The lowest BCUT2D eigenvalue weighted by atomic mass is 9.72. The molecule has 1 aliphatic heterocycles. The maximum atomic E-state index is 14.8. The highest BCUT2D eigenvalue weighted by Crippen LogP contribution is 2.52. The molecule has 2 aromatic carbocycles. The van der Waals surface area contributed by atoms with E-state index in [0.717, 1.165) is 4.90 Å². The van der Waals surface area contributed by atoms with E-state index in [2.05, 4.69) is 0 Å². The van der Waals surface area contributed by atoms with Crippen LogP contribution in [-0.2, 0) is 16.1 Å². The molecule has 2 aliphatic rings. The van der Waals surface area contributed by atoms with E-state index < -0.39 is 40.3 Å². The number of halogens is 3. The predicted octanol–water partition coefficient (Wildman–Crippen LogP) is 4.41. The Morgan fingerprint density at radius 1 is 1.03 bits per heavy atom. The maximum Gasteiger partial charge on any atom is 0.425 e. The number of hydrogen-bond donors (Lipinski definition) is 1. The number of nitrogens with one attached hydrogen (secondary N) is 1. The summed E-state index contributed by atoms with van der Waals surface area (Å²) in [6.07, 6.45) is -5.34. The number of hydrogen-bond acceptors (Lipinski definition) is 4. The van der Waals surface area contributed by atoms with Crippen molar-refractivity contribution < 1.29 is 32.3 Å². The molecule has 0 bridgehead atoms. The summed E-state index contributed by atoms with van der Waals surface area (Å²) in [6, 6.07) is 14.0. The molecule has 1 N–H and O–H groups in total. The Morgan fingerprint density at radius 2 is 1.66 bits per heavy atom. The van der Waals surface area contributed by atoms with Gasteiger partial charge < -0.3 is 15.0 Å². The number of alkyl halides is 3. The average Bonchev–Trinajstić information content (AvgIpc) is 3.02. The highest BCUT2D eigenvalue weighted by molar-refractivity contribution is 6.14. The van der Waals surface area contributed by atoms with Crippen LogP contribution >= 0.6 is 0 Å². The lowest BCUT2D eigenvalue weighted by Gasteiger charge is -2.35. The second-order valence-corrected chi connectivity index (χ2v) is 9.57. The number of carbonyl (C=O) groups is 3. The molecule has 0 saturated carbocycles. The van der Waals surface area contributed by atoms with Crippen LogP contribution in [0.3, 0.4) is 0 Å². The van der Waals surface area contributed by atoms with Crippen LogP contribution in [0.1, 0.15) is 42.6 Å². The minimum absolute atomic E-state index is 0.00691. The second-order valence-electron chi connectivity index (χ2n) is 9.57. The molecule has 9 heteroatoms. The van der Waals surface area contributed by atoms with Gasteiger partial charge in [0.15, 0.2) is 5.78 Å². The topological polar surface area (TPSA) is 75.7 Å². The number of methoxy groups -OCH3 is 1. The van der Waals surface area contributed by atoms with Gasteiger partial charge in [0.2, 0.25) is 5.54 Å². The Balaban J connectivity index is 1.84. The van der Waals surface area contributed by atoms with Gasteiger partial charge in [0.25, 0.3) is 11.8 Å². The molecule has 1 atom stereocenters. The molecule has 0 unspecified atom stereocenters. The lowest BCUT2D eigenvalue weighted by Crippen LogP contribution is -2.66. The quantitative estimate of drug-likeness (QED) is 0.679. The summed E-state index contributed by atoms with van der Waals surface area (Å²) in [5.74, 6) is -2.89. The molecule has 2 amide bonds. The molecule has 2 aromatic rings. The van der Waals surface area contributed by atoms with Gasteiger partial charge in [-0.15, -0.1) is 0 Å². The zero-order valence-corrected chi connectivity index (χ0v) is 19.5. The number of Topliss-reactive ketones (excluding diaryl/α,β-unsaturated/α-hetero) is 1. The standard InChI is InChI=1S/C26H25F3N2O4/c1-24(2)13-19-21(20(32)14-24)25(26(27,28)29,23(34)31(19)15-16-7-5-4-6-8-16)30-22(33)17-9-11-18(35-3)12-10-17/h4-12H,13-15H2,1-3H3,(H,30,33)/t25-/m1/s1. The van der Waals surface area contributed by atoms with E-state index in [1.807, 2.05) is 5.32 Å². The van der Waals surface area contributed by atoms with Crippen LogP contribution in [0.25, 0.3) is 0 Å². The summed E-state index contributed by atoms with van der Waals surface area (Å²) in [4.78, 5) is 40.9. The van der Waals surface area contributed by atoms with E-state index in [4.69, 9.17) is 4.74 Å². The smallest absolute Gasteiger partial charge is 0.425 e. The van der Waals surface area contributed by atoms with Crippen molar-refractivity contribution in [2.75, 3.05) is 7.11 Å². The number of carbonyl (C=O) groups excluding carboxylic acids is 3. The molecule has 4 rings (SSSR count). The fourth-order valence-corrected chi connectivity index (χ4v) is 4.74. The first-order valence-corrected chi connectivity index (χ1v) is 11.1. The number of ketones is 1. The Hall–Kier alpha value is -3.62. The van der Waals surface area contributed by atoms with E-state index in [9.17, 15) is 27.6 Å². The van der Waals surface area contributed by atoms with E-state index in [-0.39, 0.29) is 30.6 Å². The highest BCUT2D eigenvalue weighted by atomic mass is 19.4. The van der Waals surface area contributed by atoms with Gasteiger partial charge in [-0.2, -0.15) is 13.2 Å². The molecule has 184 valence electrons. The van der Waals surface area contributed by atoms with E-state index in [1.54, 1.807) is 44.2 Å². The summed E-state index contributed by atoms with van der Waals surface area (Å²) in [5, 5.41) is 1.93. The van der Waals surface area contributed by atoms with Gasteiger partial charge in [-0.1, -0.05) is 44.2 Å². The monoisotopic (exact) mass is 486 g/mol. The van der Waals surface area contributed by atoms with Gasteiger partial charge in [0, 0.05) is 17.7 Å². The minimum atomic E-state index is -5.25. The third kappa shape index (κ3) is 4.19. The maximum absolute atomic E-state index is 14.8. The summed E-state index contributed by atoms with van der Waals surface area (Å²) in [6.45, 7) is 3.38. The number of amides is 2. The third-order valence-corrected chi connectivity index (χ3v) is 6.38. The number of rotatable bonds is 5. The van der Waals surface area contributed by atoms with Crippen molar-refractivity contribution in [2.45, 2.75) is 44.9 Å². The van der Waals surface area contributed by atoms with Crippen molar-refractivity contribution in [2.24, 2.45) is 5.41 Å². The van der Waals surface area contributed by atoms with Crippen molar-refractivity contribution in [3.8, 4) is 5.75 Å². The SMILES string of the molecule is COc1ccc(C(=O)N[C@@]2(C(F)(F)F)C(=O)N(Cc3ccccc3)C3=C2C(=O)CC(C)(C)C3)cc1. The van der Waals surface area contributed by atoms with Gasteiger partial charge in [-0.3, -0.25) is 14.4 Å². The number of ether oxygens (including phenoxy) is 1. The number of benzene rings is 2. The van der Waals surface area contributed by atoms with Crippen LogP contribution in [0.4, 0.5) is 13.2 Å². The van der Waals surface area contributed by atoms with Crippen LogP contribution in [0.2, 0.25) is 0 Å². The molecular formula is C26H25F3N2O4. The van der Waals surface area contributed by atoms with Crippen LogP contribution in [0.5, 0.6) is 5.75 Å². The second kappa shape index (κ2) is 8.55. The Labute approximate surface area is 200 Å². The fraction of sp³-hybridized carbons (Fsp3) is 0.346. The van der Waals surface area contributed by atoms with Crippen molar-refractivity contribution in [3.05, 3.63) is 77.0 Å². The normalized spacial score (nSPS) is 21.7. The zero-order valence-electron chi connectivity index (χ0n) is 19.5. The van der Waals surface area contributed by atoms with Gasteiger partial charge in [0.05, 0.1) is 19.2 Å². The highest BCUT2D eigenvalue weighted by Gasteiger charge is 2.71. The molecular weight excluding hydrogens is 461 g/mol. The van der Waals surface area contributed by atoms with Gasteiger partial charge in [-0.05, 0) is 41.7 Å². The minimum Gasteiger partial charge on any atom is -0.497 e. The summed E-state index contributed by atoms with van der Waals surface area (Å²) >= 11 is 0. The molecule has 0 radical (unpaired) electrons. The predicted molar refractivity (Wildman–Crippen MR) is 121 cm³/mol. The molecule has 1 aliphatic carbocycles. The van der Waals surface area contributed by atoms with E-state index in [1.165, 1.54) is 31.4 Å². The van der Waals surface area contributed by atoms with Gasteiger partial charge in [-0.25, -0.2) is 0 Å². The third-order valence-electron chi connectivity index (χ3n) is 6.38. The zero-order chi connectivity index (χ0) is 25.6. The molecule has 0 fully saturated rings. The largest absolute Gasteiger partial charge is 0.497 e. The Kier molecular flexibility index (Phi) is 5.99. The van der Waals surface area contributed by atoms with Crippen molar-refractivity contribution in [1.82, 2.24) is 10.2 Å². The Morgan fingerprint density at radius 3 is 2.23 bits per heavy atom. The first-order valence-electron chi connectivity index (χ1n) is 11.1. The van der Waals surface area contributed by atoms with Gasteiger partial charge >= 0.3 is 6.18 Å². The van der Waals surface area contributed by atoms with Crippen molar-refractivity contribution >= 4 is 17.6 Å². The van der Waals surface area contributed by atoms with E-state index >= 15 is 0 Å². The fourth-order valence-electron chi connectivity index (χ4n) is 4.74. The lowest BCUT2D eigenvalue weighted by molar-refractivity contribution is -0.190. The molecule has 0 saturated heterocycles. The average molecular weight is 486 g/mol. The molecule has 35 heavy (non-hydrogen) atoms. The van der Waals surface area contributed by atoms with Gasteiger partial charge in [0.1, 0.15) is 5.75 Å². The van der Waals surface area contributed by atoms with Crippen molar-refractivity contribution in [1.29, 1.82) is 0 Å². The molecule has 0 spiro atoms. The van der Waals surface area contributed by atoms with Crippen LogP contribution in [-0.4, -0.2) is 41.3 Å². The summed E-state index contributed by atoms with van der Waals surface area (Å²) < 4.78 is 49.5. The Bertz CT molecular complexity index is 1200. The van der Waals surface area contributed by atoms with Crippen LogP contribution < -0.4 is 10.1 Å². The number of allylic oxidation sites excluding steroid dienone is 1. The molecule has 1 heterocycles. The first-order chi connectivity index (χ1) is 16.4. The van der Waals surface area contributed by atoms with Crippen LogP contribution in [0.15, 0.2) is 65.9 Å². The number of nitrogens with zero attached hydrogens (tertiary/aromatic N) is 1. The van der Waals surface area contributed by atoms with Crippen LogP contribution in [0, 0.1) is 5.41 Å².